The number of aryl methyl sites for hydroxylation is 2. The van der Waals surface area contributed by atoms with Crippen molar-refractivity contribution in [3.8, 4) is 0 Å². The van der Waals surface area contributed by atoms with E-state index in [1.807, 2.05) is 13.8 Å². The molecule has 2 aliphatic rings. The Morgan fingerprint density at radius 1 is 1.13 bits per heavy atom. The fraction of sp³-hybridized carbons (Fsp3) is 0.524. The standard InChI is InChI=1S/C21H26N6O4/c1-11-14(12(2)31-26-11)7-8-15-17(28)18(29)21(30-15)27-10-24-16-19(22-9-23-20(16)27)25-13-5-3-4-6-13/h7-10,13,15,17-18,21,28-29H,3-6H2,1-2H3,(H,22,23,25)/t15-,17-,18-,21-/m1/s1. The van der Waals surface area contributed by atoms with Gasteiger partial charge >= 0.3 is 0 Å². The van der Waals surface area contributed by atoms with Crippen molar-refractivity contribution >= 4 is 23.1 Å². The molecular weight excluding hydrogens is 400 g/mol. The summed E-state index contributed by atoms with van der Waals surface area (Å²) < 4.78 is 12.8. The van der Waals surface area contributed by atoms with E-state index < -0.39 is 24.5 Å². The highest BCUT2D eigenvalue weighted by molar-refractivity contribution is 5.82. The summed E-state index contributed by atoms with van der Waals surface area (Å²) in [7, 11) is 0. The van der Waals surface area contributed by atoms with E-state index in [0.717, 1.165) is 24.1 Å². The van der Waals surface area contributed by atoms with Crippen LogP contribution in [-0.2, 0) is 4.74 Å². The van der Waals surface area contributed by atoms with Crippen LogP contribution in [0.1, 0.15) is 48.9 Å². The maximum Gasteiger partial charge on any atom is 0.167 e. The number of aliphatic hydroxyl groups excluding tert-OH is 2. The van der Waals surface area contributed by atoms with Crippen LogP contribution in [0.25, 0.3) is 17.2 Å². The predicted octanol–water partition coefficient (Wildman–Crippen LogP) is 2.12. The van der Waals surface area contributed by atoms with Gasteiger partial charge in [0.05, 0.1) is 12.0 Å². The van der Waals surface area contributed by atoms with Gasteiger partial charge in [-0.05, 0) is 26.7 Å². The first-order valence-corrected chi connectivity index (χ1v) is 10.6. The van der Waals surface area contributed by atoms with Gasteiger partial charge in [-0.25, -0.2) is 15.0 Å². The predicted molar refractivity (Wildman–Crippen MR) is 112 cm³/mol. The molecule has 1 aliphatic heterocycles. The second-order valence-corrected chi connectivity index (χ2v) is 8.24. The molecule has 164 valence electrons. The third-order valence-electron chi connectivity index (χ3n) is 6.15. The van der Waals surface area contributed by atoms with Crippen LogP contribution < -0.4 is 5.32 Å². The average Bonchev–Trinajstić information content (AvgIpc) is 3.53. The highest BCUT2D eigenvalue weighted by Crippen LogP contribution is 2.33. The molecule has 0 unspecified atom stereocenters. The number of anilines is 1. The molecule has 1 saturated heterocycles. The molecule has 0 spiro atoms. The Morgan fingerprint density at radius 2 is 1.94 bits per heavy atom. The monoisotopic (exact) mass is 426 g/mol. The zero-order valence-electron chi connectivity index (χ0n) is 17.5. The van der Waals surface area contributed by atoms with Crippen molar-refractivity contribution in [2.45, 2.75) is 70.1 Å². The second-order valence-electron chi connectivity index (χ2n) is 8.24. The number of fused-ring (bicyclic) bond motifs is 1. The number of aliphatic hydroxyl groups is 2. The molecule has 0 radical (unpaired) electrons. The normalized spacial score (nSPS) is 27.1. The van der Waals surface area contributed by atoms with E-state index in [1.54, 1.807) is 23.0 Å². The van der Waals surface area contributed by atoms with Gasteiger partial charge in [0.1, 0.15) is 30.4 Å². The molecule has 3 aromatic rings. The number of hydrogen-bond donors (Lipinski definition) is 3. The molecule has 31 heavy (non-hydrogen) atoms. The molecule has 3 N–H and O–H groups in total. The molecule has 10 nitrogen and oxygen atoms in total. The lowest BCUT2D eigenvalue weighted by atomic mass is 10.1. The molecule has 0 aromatic carbocycles. The van der Waals surface area contributed by atoms with Gasteiger partial charge in [0.25, 0.3) is 0 Å². The number of rotatable bonds is 5. The number of nitrogens with one attached hydrogen (secondary N) is 1. The topological polar surface area (TPSA) is 131 Å². The van der Waals surface area contributed by atoms with Gasteiger partial charge in [-0.3, -0.25) is 4.57 Å². The summed E-state index contributed by atoms with van der Waals surface area (Å²) >= 11 is 0. The first-order valence-electron chi connectivity index (χ1n) is 10.6. The van der Waals surface area contributed by atoms with Crippen LogP contribution in [0.3, 0.4) is 0 Å². The van der Waals surface area contributed by atoms with Crippen molar-refractivity contribution in [1.82, 2.24) is 24.7 Å². The molecule has 10 heteroatoms. The van der Waals surface area contributed by atoms with Gasteiger partial charge < -0.3 is 24.8 Å². The van der Waals surface area contributed by atoms with E-state index >= 15 is 0 Å². The van der Waals surface area contributed by atoms with Crippen molar-refractivity contribution in [3.05, 3.63) is 35.7 Å². The van der Waals surface area contributed by atoms with Crippen LogP contribution in [-0.4, -0.2) is 59.2 Å². The summed E-state index contributed by atoms with van der Waals surface area (Å²) in [6.07, 6.45) is 7.43. The highest BCUT2D eigenvalue weighted by atomic mass is 16.6. The Labute approximate surface area is 179 Å². The first-order chi connectivity index (χ1) is 15.0. The Hall–Kier alpha value is -2.82. The van der Waals surface area contributed by atoms with E-state index in [4.69, 9.17) is 9.26 Å². The summed E-state index contributed by atoms with van der Waals surface area (Å²) in [6, 6.07) is 0.386. The van der Waals surface area contributed by atoms with Crippen molar-refractivity contribution in [3.63, 3.8) is 0 Å². The number of aromatic nitrogens is 5. The van der Waals surface area contributed by atoms with E-state index in [9.17, 15) is 10.2 Å². The van der Waals surface area contributed by atoms with Crippen LogP contribution in [0.2, 0.25) is 0 Å². The maximum atomic E-state index is 10.7. The van der Waals surface area contributed by atoms with Gasteiger partial charge in [-0.15, -0.1) is 0 Å². The van der Waals surface area contributed by atoms with Crippen molar-refractivity contribution in [1.29, 1.82) is 0 Å². The number of nitrogens with zero attached hydrogens (tertiary/aromatic N) is 5. The van der Waals surface area contributed by atoms with Gasteiger partial charge in [0, 0.05) is 11.6 Å². The van der Waals surface area contributed by atoms with Crippen LogP contribution in [0.4, 0.5) is 5.82 Å². The smallest absolute Gasteiger partial charge is 0.167 e. The Kier molecular flexibility index (Phi) is 5.20. The lowest BCUT2D eigenvalue weighted by molar-refractivity contribution is -0.0243. The molecule has 2 fully saturated rings. The second kappa shape index (κ2) is 8.03. The van der Waals surface area contributed by atoms with Crippen molar-refractivity contribution in [2.75, 3.05) is 5.32 Å². The highest BCUT2D eigenvalue weighted by Gasteiger charge is 2.43. The minimum absolute atomic E-state index is 0.386. The van der Waals surface area contributed by atoms with Gasteiger partial charge in [-0.2, -0.15) is 0 Å². The van der Waals surface area contributed by atoms with Crippen LogP contribution in [0.5, 0.6) is 0 Å². The van der Waals surface area contributed by atoms with Gasteiger partial charge in [0.2, 0.25) is 0 Å². The molecular formula is C21H26N6O4. The maximum absolute atomic E-state index is 10.7. The fourth-order valence-corrected chi connectivity index (χ4v) is 4.40. The Balaban J connectivity index is 1.40. The summed E-state index contributed by atoms with van der Waals surface area (Å²) in [4.78, 5) is 13.2. The zero-order chi connectivity index (χ0) is 21.5. The minimum Gasteiger partial charge on any atom is -0.387 e. The number of imidazole rings is 1. The molecule has 0 amide bonds. The lowest BCUT2D eigenvalue weighted by Gasteiger charge is -2.17. The van der Waals surface area contributed by atoms with E-state index in [-0.39, 0.29) is 0 Å². The minimum atomic E-state index is -1.14. The van der Waals surface area contributed by atoms with E-state index in [0.29, 0.717) is 28.8 Å². The van der Waals surface area contributed by atoms with E-state index in [2.05, 4.69) is 25.4 Å². The number of hydrogen-bond acceptors (Lipinski definition) is 9. The number of ether oxygens (including phenoxy) is 1. The van der Waals surface area contributed by atoms with Crippen LogP contribution in [0, 0.1) is 13.8 Å². The SMILES string of the molecule is Cc1noc(C)c1C=C[C@H]1O[C@@H](n2cnc3c(NC4CCCC4)ncnc32)[C@H](O)[C@@H]1O. The van der Waals surface area contributed by atoms with Crippen LogP contribution >= 0.6 is 0 Å². The van der Waals surface area contributed by atoms with E-state index in [1.165, 1.54) is 19.2 Å². The van der Waals surface area contributed by atoms with Gasteiger partial charge in [0.15, 0.2) is 23.2 Å². The molecule has 1 aliphatic carbocycles. The van der Waals surface area contributed by atoms with Crippen molar-refractivity contribution < 1.29 is 19.5 Å². The molecule has 4 heterocycles. The molecule has 0 bridgehead atoms. The summed E-state index contributed by atoms with van der Waals surface area (Å²) in [5.41, 5.74) is 2.74. The zero-order valence-corrected chi connectivity index (χ0v) is 17.5. The van der Waals surface area contributed by atoms with Crippen LogP contribution in [0.15, 0.2) is 23.3 Å². The first kappa shape index (κ1) is 20.1. The Morgan fingerprint density at radius 3 is 2.68 bits per heavy atom. The summed E-state index contributed by atoms with van der Waals surface area (Å²) in [5.74, 6) is 1.36. The largest absolute Gasteiger partial charge is 0.387 e. The average molecular weight is 426 g/mol. The fourth-order valence-electron chi connectivity index (χ4n) is 4.40. The van der Waals surface area contributed by atoms with Crippen molar-refractivity contribution in [2.24, 2.45) is 0 Å². The third-order valence-corrected chi connectivity index (χ3v) is 6.15. The Bertz CT molecular complexity index is 1080. The molecule has 5 rings (SSSR count). The lowest BCUT2D eigenvalue weighted by Crippen LogP contribution is -2.30. The molecule has 4 atom stereocenters. The summed E-state index contributed by atoms with van der Waals surface area (Å²) in [6.45, 7) is 3.66. The molecule has 3 aromatic heterocycles. The quantitative estimate of drug-likeness (QED) is 0.561. The third kappa shape index (κ3) is 3.60. The molecule has 1 saturated carbocycles. The van der Waals surface area contributed by atoms with Gasteiger partial charge in [-0.1, -0.05) is 30.2 Å². The summed E-state index contributed by atoms with van der Waals surface area (Å²) in [5, 5.41) is 28.6.